The number of methoxy groups -OCH3 is 2. The minimum Gasteiger partial charge on any atom is -0.497 e. The van der Waals surface area contributed by atoms with Gasteiger partial charge in [-0.3, -0.25) is 0 Å². The Morgan fingerprint density at radius 1 is 0.744 bits per heavy atom. The summed E-state index contributed by atoms with van der Waals surface area (Å²) >= 11 is 8.78. The molecule has 0 radical (unpaired) electrons. The van der Waals surface area contributed by atoms with E-state index in [9.17, 15) is 0 Å². The molecule has 0 saturated heterocycles. The van der Waals surface area contributed by atoms with Crippen molar-refractivity contribution in [1.29, 1.82) is 0 Å². The smallest absolute Gasteiger partial charge is 0.128 e. The van der Waals surface area contributed by atoms with E-state index in [-0.39, 0.29) is 5.41 Å². The van der Waals surface area contributed by atoms with E-state index in [1.54, 1.807) is 25.6 Å². The van der Waals surface area contributed by atoms with Crippen LogP contribution in [-0.2, 0) is 5.41 Å². The number of rotatable bonds is 3. The predicted molar refractivity (Wildman–Crippen MR) is 168 cm³/mol. The van der Waals surface area contributed by atoms with Gasteiger partial charge in [-0.05, 0) is 77.0 Å². The van der Waals surface area contributed by atoms with Crippen LogP contribution < -0.4 is 9.47 Å². The summed E-state index contributed by atoms with van der Waals surface area (Å²) in [5.41, 5.74) is 4.46. The van der Waals surface area contributed by atoms with Crippen molar-refractivity contribution in [3.63, 3.8) is 0 Å². The lowest BCUT2D eigenvalue weighted by Gasteiger charge is -2.19. The van der Waals surface area contributed by atoms with Crippen LogP contribution in [0, 0.1) is 0 Å². The van der Waals surface area contributed by atoms with Gasteiger partial charge in [0.05, 0.1) is 41.3 Å². The molecule has 0 unspecified atom stereocenters. The van der Waals surface area contributed by atoms with Crippen molar-refractivity contribution in [3.8, 4) is 17.2 Å². The Balaban J connectivity index is 1.60. The number of hydrogen-bond donors (Lipinski definition) is 0. The summed E-state index contributed by atoms with van der Waals surface area (Å²) in [6, 6.07) is 28.2. The Morgan fingerprint density at radius 3 is 2.33 bits per heavy atom. The molecule has 0 spiro atoms. The molecule has 0 saturated carbocycles. The lowest BCUT2D eigenvalue weighted by molar-refractivity contribution is 0.415. The summed E-state index contributed by atoms with van der Waals surface area (Å²) in [6.45, 7) is 6.73. The van der Waals surface area contributed by atoms with E-state index in [0.717, 1.165) is 39.0 Å². The Morgan fingerprint density at radius 2 is 1.56 bits per heavy atom. The van der Waals surface area contributed by atoms with Crippen molar-refractivity contribution in [3.05, 3.63) is 89.4 Å². The van der Waals surface area contributed by atoms with Crippen LogP contribution in [0.15, 0.2) is 78.9 Å². The topological polar surface area (TPSA) is 23.4 Å². The average molecular weight is 550 g/mol. The Kier molecular flexibility index (Phi) is 5.39. The lowest BCUT2D eigenvalue weighted by Crippen LogP contribution is -2.10. The van der Waals surface area contributed by atoms with Gasteiger partial charge in [-0.1, -0.05) is 50.6 Å². The molecule has 194 valence electrons. The second-order valence-electron chi connectivity index (χ2n) is 11.1. The van der Waals surface area contributed by atoms with E-state index in [0.29, 0.717) is 5.02 Å². The number of halogens is 1. The summed E-state index contributed by atoms with van der Waals surface area (Å²) in [5.74, 6) is 1.70. The van der Waals surface area contributed by atoms with Gasteiger partial charge in [0.25, 0.3) is 0 Å². The molecule has 0 N–H and O–H groups in total. The molecule has 39 heavy (non-hydrogen) atoms. The normalized spacial score (nSPS) is 12.4. The van der Waals surface area contributed by atoms with Crippen molar-refractivity contribution in [2.75, 3.05) is 14.2 Å². The fraction of sp³-hybridized carbons (Fsp3) is 0.176. The number of nitrogens with zero attached hydrogens (tertiary/aromatic N) is 1. The summed E-state index contributed by atoms with van der Waals surface area (Å²) in [7, 11) is 3.44. The molecule has 2 heterocycles. The number of thiophene rings is 1. The highest BCUT2D eigenvalue weighted by Gasteiger charge is 2.22. The van der Waals surface area contributed by atoms with Crippen LogP contribution in [0.1, 0.15) is 26.3 Å². The molecule has 0 bridgehead atoms. The zero-order chi connectivity index (χ0) is 27.1. The minimum absolute atomic E-state index is 0.0172. The average Bonchev–Trinajstić information content (AvgIpc) is 3.46. The molecule has 0 aliphatic heterocycles. The number of benzene rings is 5. The number of ether oxygens (including phenoxy) is 2. The van der Waals surface area contributed by atoms with E-state index in [4.69, 9.17) is 21.1 Å². The number of hydrogen-bond acceptors (Lipinski definition) is 3. The summed E-state index contributed by atoms with van der Waals surface area (Å²) in [6.07, 6.45) is 0. The summed E-state index contributed by atoms with van der Waals surface area (Å²) < 4.78 is 16.2. The van der Waals surface area contributed by atoms with Gasteiger partial charge in [-0.25, -0.2) is 0 Å². The van der Waals surface area contributed by atoms with Gasteiger partial charge in [-0.2, -0.15) is 0 Å². The summed E-state index contributed by atoms with van der Waals surface area (Å²) in [4.78, 5) is 0. The fourth-order valence-corrected chi connectivity index (χ4v) is 7.20. The second kappa shape index (κ2) is 8.64. The zero-order valence-electron chi connectivity index (χ0n) is 22.6. The molecule has 5 heteroatoms. The third-order valence-electron chi connectivity index (χ3n) is 7.80. The highest BCUT2D eigenvalue weighted by molar-refractivity contribution is 7.25. The van der Waals surface area contributed by atoms with Gasteiger partial charge in [0.2, 0.25) is 0 Å². The van der Waals surface area contributed by atoms with Crippen molar-refractivity contribution >= 4 is 75.7 Å². The molecular weight excluding hydrogens is 522 g/mol. The van der Waals surface area contributed by atoms with Crippen LogP contribution >= 0.6 is 22.9 Å². The Hall–Kier alpha value is -3.73. The zero-order valence-corrected chi connectivity index (χ0v) is 24.1. The highest BCUT2D eigenvalue weighted by Crippen LogP contribution is 2.45. The molecule has 2 aromatic heterocycles. The van der Waals surface area contributed by atoms with Crippen molar-refractivity contribution in [2.24, 2.45) is 0 Å². The first kappa shape index (κ1) is 24.3. The maximum Gasteiger partial charge on any atom is 0.128 e. The van der Waals surface area contributed by atoms with Gasteiger partial charge in [0, 0.05) is 30.9 Å². The van der Waals surface area contributed by atoms with E-state index >= 15 is 0 Å². The van der Waals surface area contributed by atoms with Gasteiger partial charge in [0.1, 0.15) is 11.5 Å². The number of fused-ring (bicyclic) bond motifs is 7. The Labute approximate surface area is 236 Å². The third kappa shape index (κ3) is 3.62. The first-order chi connectivity index (χ1) is 18.8. The molecule has 3 nitrogen and oxygen atoms in total. The number of aromatic nitrogens is 1. The van der Waals surface area contributed by atoms with Gasteiger partial charge in [-0.15, -0.1) is 11.3 Å². The van der Waals surface area contributed by atoms with E-state index < -0.39 is 0 Å². The van der Waals surface area contributed by atoms with Crippen molar-refractivity contribution < 1.29 is 9.47 Å². The van der Waals surface area contributed by atoms with Crippen LogP contribution in [0.4, 0.5) is 0 Å². The molecule has 0 aliphatic carbocycles. The van der Waals surface area contributed by atoms with E-state index in [2.05, 4.69) is 86.0 Å². The van der Waals surface area contributed by atoms with Crippen LogP contribution in [0.5, 0.6) is 11.5 Å². The lowest BCUT2D eigenvalue weighted by atomic mass is 9.86. The first-order valence-corrected chi connectivity index (χ1v) is 14.2. The SMILES string of the molecule is COc1ccc2c(c1)sc1cc3c(-n4c5ccc(C(C)(C)C)cc5c5c(OC)ccc(Cl)c54)cccc3cc12. The van der Waals surface area contributed by atoms with Gasteiger partial charge in [0.15, 0.2) is 0 Å². The Bertz CT molecular complexity index is 2090. The molecule has 0 atom stereocenters. The second-order valence-corrected chi connectivity index (χ2v) is 12.6. The van der Waals surface area contributed by atoms with Gasteiger partial charge >= 0.3 is 0 Å². The van der Waals surface area contributed by atoms with Crippen LogP contribution in [0.25, 0.3) is 58.4 Å². The van der Waals surface area contributed by atoms with Crippen LogP contribution in [0.3, 0.4) is 0 Å². The van der Waals surface area contributed by atoms with Crippen LogP contribution in [0.2, 0.25) is 5.02 Å². The molecule has 0 amide bonds. The largest absolute Gasteiger partial charge is 0.497 e. The van der Waals surface area contributed by atoms with E-state index in [1.807, 2.05) is 18.2 Å². The fourth-order valence-electron chi connectivity index (χ4n) is 5.80. The molecule has 7 aromatic rings. The highest BCUT2D eigenvalue weighted by atomic mass is 35.5. The molecule has 0 aliphatic rings. The van der Waals surface area contributed by atoms with Crippen LogP contribution in [-0.4, -0.2) is 18.8 Å². The predicted octanol–water partition coefficient (Wildman–Crippen LogP) is 10.3. The maximum atomic E-state index is 6.98. The molecule has 5 aromatic carbocycles. The standard InChI is InChI=1S/C34H28ClNO2S/c1-34(2,3)20-9-13-28-25(16-20)32-29(38-5)14-12-26(35)33(32)36(28)27-8-6-7-19-15-24-22-11-10-21(37-4)17-30(22)39-31(24)18-23(19)27/h6-18H,1-5H3. The monoisotopic (exact) mass is 549 g/mol. The van der Waals surface area contributed by atoms with Crippen molar-refractivity contribution in [2.45, 2.75) is 26.2 Å². The first-order valence-electron chi connectivity index (χ1n) is 13.0. The molecule has 0 fully saturated rings. The maximum absolute atomic E-state index is 6.98. The summed E-state index contributed by atoms with van der Waals surface area (Å²) in [5, 5.41) is 7.77. The van der Waals surface area contributed by atoms with Gasteiger partial charge < -0.3 is 14.0 Å². The van der Waals surface area contributed by atoms with Crippen molar-refractivity contribution in [1.82, 2.24) is 4.57 Å². The minimum atomic E-state index is 0.0172. The van der Waals surface area contributed by atoms with E-state index in [1.165, 1.54) is 36.5 Å². The quantitative estimate of drug-likeness (QED) is 0.219. The molecule has 7 rings (SSSR count). The third-order valence-corrected chi connectivity index (χ3v) is 9.22. The molecular formula is C34H28ClNO2S.